The molecular weight excluding hydrogens is 388 g/mol. The topological polar surface area (TPSA) is 83.4 Å². The number of amides is 2. The molecule has 0 bridgehead atoms. The van der Waals surface area contributed by atoms with Gasteiger partial charge in [0, 0.05) is 50.0 Å². The summed E-state index contributed by atoms with van der Waals surface area (Å²) in [7, 11) is 3.87. The molecule has 8 nitrogen and oxygen atoms in total. The van der Waals surface area contributed by atoms with Crippen molar-refractivity contribution in [1.82, 2.24) is 29.7 Å². The van der Waals surface area contributed by atoms with Gasteiger partial charge in [0.05, 0.1) is 6.04 Å². The smallest absolute Gasteiger partial charge is 0.287 e. The fourth-order valence-corrected chi connectivity index (χ4v) is 4.42. The Hall–Kier alpha value is -2.26. The molecule has 2 aromatic rings. The van der Waals surface area contributed by atoms with Gasteiger partial charge in [-0.05, 0) is 26.8 Å². The molecule has 2 amide bonds. The van der Waals surface area contributed by atoms with Gasteiger partial charge in [-0.1, -0.05) is 13.8 Å². The van der Waals surface area contributed by atoms with Gasteiger partial charge in [0.2, 0.25) is 0 Å². The van der Waals surface area contributed by atoms with E-state index in [2.05, 4.69) is 41.1 Å². The predicted molar refractivity (Wildman–Crippen MR) is 113 cm³/mol. The number of aryl methyl sites for hydroxylation is 1. The predicted octanol–water partition coefficient (Wildman–Crippen LogP) is 2.17. The van der Waals surface area contributed by atoms with Gasteiger partial charge in [-0.15, -0.1) is 11.3 Å². The molecule has 1 fully saturated rings. The maximum Gasteiger partial charge on any atom is 0.287 e. The number of hydrogen-bond donors (Lipinski definition) is 1. The summed E-state index contributed by atoms with van der Waals surface area (Å²) < 4.78 is 1.68. The Bertz CT molecular complexity index is 887. The van der Waals surface area contributed by atoms with Crippen LogP contribution in [0.1, 0.15) is 59.9 Å². The van der Waals surface area contributed by atoms with Gasteiger partial charge in [-0.2, -0.15) is 0 Å². The van der Waals surface area contributed by atoms with Crippen LogP contribution < -0.4 is 5.32 Å². The SMILES string of the molecule is CC(C)[C@H](NC(=O)c1nccn1C)c1nc(C(=O)N2CCN(C)C(C)(C)C2)cs1. The molecule has 1 aliphatic heterocycles. The second-order valence-electron chi connectivity index (χ2n) is 8.59. The average molecular weight is 419 g/mol. The van der Waals surface area contributed by atoms with Crippen molar-refractivity contribution in [3.63, 3.8) is 0 Å². The van der Waals surface area contributed by atoms with Crippen LogP contribution in [-0.2, 0) is 7.05 Å². The summed E-state index contributed by atoms with van der Waals surface area (Å²) in [5.74, 6) is 0.172. The molecule has 9 heteroatoms. The van der Waals surface area contributed by atoms with Gasteiger partial charge in [-0.3, -0.25) is 14.5 Å². The molecule has 158 valence electrons. The number of hydrogen-bond acceptors (Lipinski definition) is 6. The molecule has 3 rings (SSSR count). The van der Waals surface area contributed by atoms with E-state index in [4.69, 9.17) is 0 Å². The van der Waals surface area contributed by atoms with Crippen molar-refractivity contribution in [2.45, 2.75) is 39.3 Å². The number of nitrogens with zero attached hydrogens (tertiary/aromatic N) is 5. The molecule has 29 heavy (non-hydrogen) atoms. The van der Waals surface area contributed by atoms with Gasteiger partial charge < -0.3 is 14.8 Å². The molecule has 1 saturated heterocycles. The van der Waals surface area contributed by atoms with Crippen LogP contribution in [0.5, 0.6) is 0 Å². The standard InChI is InChI=1S/C20H30N6O2S/c1-13(2)15(23-17(27)16-21-7-8-24(16)5)18-22-14(11-29-18)19(28)26-10-9-25(6)20(3,4)12-26/h7-8,11,13,15H,9-10,12H2,1-6H3,(H,23,27)/t15-/m0/s1. The molecule has 1 N–H and O–H groups in total. The maximum absolute atomic E-state index is 13.0. The van der Waals surface area contributed by atoms with E-state index < -0.39 is 0 Å². The molecule has 0 radical (unpaired) electrons. The highest BCUT2D eigenvalue weighted by molar-refractivity contribution is 7.09. The Morgan fingerprint density at radius 1 is 1.24 bits per heavy atom. The fraction of sp³-hybridized carbons (Fsp3) is 0.600. The Morgan fingerprint density at radius 2 is 1.97 bits per heavy atom. The highest BCUT2D eigenvalue weighted by Crippen LogP contribution is 2.27. The lowest BCUT2D eigenvalue weighted by atomic mass is 9.99. The Morgan fingerprint density at radius 3 is 2.55 bits per heavy atom. The molecule has 2 aromatic heterocycles. The highest BCUT2D eigenvalue weighted by Gasteiger charge is 2.34. The van der Waals surface area contributed by atoms with Gasteiger partial charge in [0.25, 0.3) is 11.8 Å². The lowest BCUT2D eigenvalue weighted by Gasteiger charge is -2.45. The number of imidazole rings is 1. The number of nitrogens with one attached hydrogen (secondary N) is 1. The number of likely N-dealkylation sites (N-methyl/N-ethyl adjacent to an activating group) is 1. The maximum atomic E-state index is 13.0. The van der Waals surface area contributed by atoms with Crippen LogP contribution in [0.4, 0.5) is 0 Å². The van der Waals surface area contributed by atoms with E-state index in [9.17, 15) is 9.59 Å². The molecule has 0 unspecified atom stereocenters. The van der Waals surface area contributed by atoms with Crippen LogP contribution >= 0.6 is 11.3 Å². The number of carbonyl (C=O) groups is 2. The van der Waals surface area contributed by atoms with E-state index in [0.29, 0.717) is 24.6 Å². The summed E-state index contributed by atoms with van der Waals surface area (Å²) in [5, 5.41) is 5.55. The number of piperazine rings is 1. The van der Waals surface area contributed by atoms with E-state index >= 15 is 0 Å². The summed E-state index contributed by atoms with van der Waals surface area (Å²) in [5.41, 5.74) is 0.380. The van der Waals surface area contributed by atoms with E-state index in [-0.39, 0.29) is 29.3 Å². The Labute approximate surface area is 175 Å². The van der Waals surface area contributed by atoms with Gasteiger partial charge >= 0.3 is 0 Å². The largest absolute Gasteiger partial charge is 0.340 e. The van der Waals surface area contributed by atoms with Crippen molar-refractivity contribution in [1.29, 1.82) is 0 Å². The third-order valence-electron chi connectivity index (χ3n) is 5.59. The van der Waals surface area contributed by atoms with E-state index in [1.807, 2.05) is 18.7 Å². The van der Waals surface area contributed by atoms with Crippen LogP contribution in [-0.4, -0.2) is 68.4 Å². The molecule has 0 aliphatic carbocycles. The van der Waals surface area contributed by atoms with E-state index in [1.54, 1.807) is 29.4 Å². The lowest BCUT2D eigenvalue weighted by Crippen LogP contribution is -2.58. The Balaban J connectivity index is 1.75. The number of carbonyl (C=O) groups excluding carboxylic acids is 2. The van der Waals surface area contributed by atoms with Crippen molar-refractivity contribution in [2.24, 2.45) is 13.0 Å². The highest BCUT2D eigenvalue weighted by atomic mass is 32.1. The third-order valence-corrected chi connectivity index (χ3v) is 6.52. The number of thiazole rings is 1. The minimum Gasteiger partial charge on any atom is -0.340 e. The van der Waals surface area contributed by atoms with Crippen LogP contribution in [0, 0.1) is 5.92 Å². The number of rotatable bonds is 5. The van der Waals surface area contributed by atoms with Crippen molar-refractivity contribution in [3.8, 4) is 0 Å². The van der Waals surface area contributed by atoms with E-state index in [0.717, 1.165) is 11.6 Å². The first kappa shape index (κ1) is 21.4. The normalized spacial score (nSPS) is 18.1. The average Bonchev–Trinajstić information content (AvgIpc) is 3.30. The first-order chi connectivity index (χ1) is 13.6. The quantitative estimate of drug-likeness (QED) is 0.805. The van der Waals surface area contributed by atoms with Gasteiger partial charge in [-0.25, -0.2) is 9.97 Å². The zero-order chi connectivity index (χ0) is 21.3. The Kier molecular flexibility index (Phi) is 6.09. The molecule has 1 aliphatic rings. The third kappa shape index (κ3) is 4.51. The van der Waals surface area contributed by atoms with Crippen molar-refractivity contribution in [2.75, 3.05) is 26.7 Å². The van der Waals surface area contributed by atoms with Crippen LogP contribution in [0.3, 0.4) is 0 Å². The summed E-state index contributed by atoms with van der Waals surface area (Å²) in [6.45, 7) is 10.5. The summed E-state index contributed by atoms with van der Waals surface area (Å²) in [4.78, 5) is 38.5. The minimum atomic E-state index is -0.283. The van der Waals surface area contributed by atoms with Gasteiger partial charge in [0.15, 0.2) is 5.82 Å². The molecule has 3 heterocycles. The second kappa shape index (κ2) is 8.23. The van der Waals surface area contributed by atoms with Crippen LogP contribution in [0.25, 0.3) is 0 Å². The second-order valence-corrected chi connectivity index (χ2v) is 9.48. The van der Waals surface area contributed by atoms with Crippen LogP contribution in [0.2, 0.25) is 0 Å². The monoisotopic (exact) mass is 418 g/mol. The number of aromatic nitrogens is 3. The molecule has 0 spiro atoms. The summed E-state index contributed by atoms with van der Waals surface area (Å²) in [6.07, 6.45) is 3.33. The molecule has 0 aromatic carbocycles. The fourth-order valence-electron chi connectivity index (χ4n) is 3.41. The van der Waals surface area contributed by atoms with Crippen molar-refractivity contribution in [3.05, 3.63) is 34.3 Å². The zero-order valence-corrected chi connectivity index (χ0v) is 18.8. The molecule has 0 saturated carbocycles. The first-order valence-corrected chi connectivity index (χ1v) is 10.7. The molecular formula is C20H30N6O2S. The van der Waals surface area contributed by atoms with Gasteiger partial charge in [0.1, 0.15) is 10.7 Å². The van der Waals surface area contributed by atoms with Crippen molar-refractivity contribution >= 4 is 23.2 Å². The summed E-state index contributed by atoms with van der Waals surface area (Å²) in [6, 6.07) is -0.283. The van der Waals surface area contributed by atoms with E-state index in [1.165, 1.54) is 11.3 Å². The van der Waals surface area contributed by atoms with Crippen LogP contribution in [0.15, 0.2) is 17.8 Å². The zero-order valence-electron chi connectivity index (χ0n) is 18.0. The lowest BCUT2D eigenvalue weighted by molar-refractivity contribution is 0.0307. The summed E-state index contributed by atoms with van der Waals surface area (Å²) >= 11 is 1.41. The minimum absolute atomic E-state index is 0.0494. The van der Waals surface area contributed by atoms with Crippen molar-refractivity contribution < 1.29 is 9.59 Å². The first-order valence-electron chi connectivity index (χ1n) is 9.84. The molecule has 1 atom stereocenters.